The fraction of sp³-hybridized carbons (Fsp3) is 0.0952. The number of halogens is 1. The molecule has 2 N–H and O–H groups in total. The lowest BCUT2D eigenvalue weighted by atomic mass is 10.2. The number of nitrogens with one attached hydrogen (secondary N) is 2. The van der Waals surface area contributed by atoms with Crippen LogP contribution in [-0.2, 0) is 13.6 Å². The van der Waals surface area contributed by atoms with Crippen molar-refractivity contribution >= 4 is 51.4 Å². The van der Waals surface area contributed by atoms with Crippen LogP contribution >= 0.6 is 22.9 Å². The van der Waals surface area contributed by atoms with E-state index in [4.69, 9.17) is 11.6 Å². The maximum absolute atomic E-state index is 12.6. The molecule has 0 spiro atoms. The van der Waals surface area contributed by atoms with Gasteiger partial charge in [0.15, 0.2) is 5.82 Å². The van der Waals surface area contributed by atoms with Gasteiger partial charge in [0, 0.05) is 28.2 Å². The molecule has 2 aromatic heterocycles. The van der Waals surface area contributed by atoms with Crippen molar-refractivity contribution in [2.75, 3.05) is 5.32 Å². The van der Waals surface area contributed by atoms with Crippen LogP contribution < -0.4 is 16.2 Å². The fourth-order valence-electron chi connectivity index (χ4n) is 2.90. The zero-order valence-corrected chi connectivity index (χ0v) is 17.1. The van der Waals surface area contributed by atoms with Crippen LogP contribution in [0, 0.1) is 0 Å². The summed E-state index contributed by atoms with van der Waals surface area (Å²) in [5.74, 6) is 0.0544. The number of amides is 1. The second-order valence-corrected chi connectivity index (χ2v) is 7.89. The molecule has 0 aliphatic rings. The fourth-order valence-corrected chi connectivity index (χ4v) is 3.71. The Balaban J connectivity index is 1.51. The van der Waals surface area contributed by atoms with Crippen LogP contribution in [0.5, 0.6) is 0 Å². The Bertz CT molecular complexity index is 1230. The molecule has 0 fully saturated rings. The highest BCUT2D eigenvalue weighted by molar-refractivity contribution is 7.09. The number of thiophene rings is 1. The summed E-state index contributed by atoms with van der Waals surface area (Å²) in [4.78, 5) is 30.4. The molecule has 4 aromatic rings. The Hall–Kier alpha value is -3.16. The molecule has 0 radical (unpaired) electrons. The number of rotatable bonds is 5. The summed E-state index contributed by atoms with van der Waals surface area (Å²) in [5, 5.41) is 8.44. The third-order valence-corrected chi connectivity index (χ3v) is 5.56. The van der Waals surface area contributed by atoms with Crippen LogP contribution in [0.15, 0.2) is 64.8 Å². The first kappa shape index (κ1) is 19.2. The van der Waals surface area contributed by atoms with Crippen molar-refractivity contribution in [2.45, 2.75) is 6.54 Å². The van der Waals surface area contributed by atoms with E-state index in [-0.39, 0.29) is 17.3 Å². The molecule has 2 heterocycles. The van der Waals surface area contributed by atoms with Crippen LogP contribution in [-0.4, -0.2) is 15.5 Å². The minimum atomic E-state index is -0.266. The molecule has 0 bridgehead atoms. The quantitative estimate of drug-likeness (QED) is 0.500. The van der Waals surface area contributed by atoms with E-state index in [9.17, 15) is 9.59 Å². The second-order valence-electron chi connectivity index (χ2n) is 6.42. The molecule has 6 nitrogen and oxygen atoms in total. The minimum Gasteiger partial charge on any atom is -0.347 e. The minimum absolute atomic E-state index is 0.151. The lowest BCUT2D eigenvalue weighted by Crippen LogP contribution is -2.22. The first-order chi connectivity index (χ1) is 14.0. The maximum Gasteiger partial charge on any atom is 0.293 e. The standard InChI is InChI=1S/C21H17ClN4O2S/c1-26-18-11-14(22)6-9-17(18)25-19(21(26)28)24-15-7-4-13(5-8-15)20(27)23-12-16-3-2-10-29-16/h2-11H,12H2,1H3,(H,23,27)(H,24,25). The average molecular weight is 425 g/mol. The summed E-state index contributed by atoms with van der Waals surface area (Å²) in [5.41, 5.74) is 2.26. The molecule has 29 heavy (non-hydrogen) atoms. The Morgan fingerprint density at radius 3 is 2.69 bits per heavy atom. The van der Waals surface area contributed by atoms with Gasteiger partial charge in [-0.05, 0) is 53.9 Å². The topological polar surface area (TPSA) is 76.0 Å². The van der Waals surface area contributed by atoms with Crippen LogP contribution in [0.25, 0.3) is 11.0 Å². The molecule has 0 unspecified atom stereocenters. The highest BCUT2D eigenvalue weighted by Crippen LogP contribution is 2.19. The Kier molecular flexibility index (Phi) is 5.33. The van der Waals surface area contributed by atoms with Crippen molar-refractivity contribution in [1.82, 2.24) is 14.9 Å². The first-order valence-electron chi connectivity index (χ1n) is 8.85. The summed E-state index contributed by atoms with van der Waals surface area (Å²) in [6.07, 6.45) is 0. The first-order valence-corrected chi connectivity index (χ1v) is 10.1. The molecule has 2 aromatic carbocycles. The highest BCUT2D eigenvalue weighted by atomic mass is 35.5. The largest absolute Gasteiger partial charge is 0.347 e. The average Bonchev–Trinajstić information content (AvgIpc) is 3.25. The van der Waals surface area contributed by atoms with Gasteiger partial charge in [-0.3, -0.25) is 9.59 Å². The van der Waals surface area contributed by atoms with Crippen LogP contribution in [0.4, 0.5) is 11.5 Å². The third kappa shape index (κ3) is 4.16. The number of hydrogen-bond donors (Lipinski definition) is 2. The lowest BCUT2D eigenvalue weighted by molar-refractivity contribution is 0.0951. The van der Waals surface area contributed by atoms with Crippen molar-refractivity contribution in [2.24, 2.45) is 7.05 Å². The number of aromatic nitrogens is 2. The van der Waals surface area contributed by atoms with E-state index in [1.165, 1.54) is 4.57 Å². The van der Waals surface area contributed by atoms with Gasteiger partial charge in [0.25, 0.3) is 11.5 Å². The van der Waals surface area contributed by atoms with Crippen LogP contribution in [0.2, 0.25) is 5.02 Å². The summed E-state index contributed by atoms with van der Waals surface area (Å²) in [7, 11) is 1.68. The van der Waals surface area contributed by atoms with Crippen molar-refractivity contribution in [3.05, 3.63) is 85.8 Å². The Labute approximate surface area is 175 Å². The predicted octanol–water partition coefficient (Wildman–Crippen LogP) is 4.32. The molecule has 0 aliphatic carbocycles. The molecule has 0 saturated heterocycles. The van der Waals surface area contributed by atoms with Gasteiger partial charge in [-0.15, -0.1) is 11.3 Å². The highest BCUT2D eigenvalue weighted by Gasteiger charge is 2.10. The zero-order chi connectivity index (χ0) is 20.4. The van der Waals surface area contributed by atoms with Gasteiger partial charge in [0.05, 0.1) is 17.6 Å². The van der Waals surface area contributed by atoms with Gasteiger partial charge in [-0.25, -0.2) is 4.98 Å². The van der Waals surface area contributed by atoms with Crippen molar-refractivity contribution in [3.63, 3.8) is 0 Å². The number of fused-ring (bicyclic) bond motifs is 1. The SMILES string of the molecule is Cn1c(=O)c(Nc2ccc(C(=O)NCc3cccs3)cc2)nc2ccc(Cl)cc21. The van der Waals surface area contributed by atoms with Crippen LogP contribution in [0.1, 0.15) is 15.2 Å². The molecule has 0 saturated carbocycles. The Morgan fingerprint density at radius 2 is 1.97 bits per heavy atom. The van der Waals surface area contributed by atoms with Gasteiger partial charge >= 0.3 is 0 Å². The van der Waals surface area contributed by atoms with Gasteiger partial charge in [-0.1, -0.05) is 17.7 Å². The molecular weight excluding hydrogens is 408 g/mol. The van der Waals surface area contributed by atoms with Crippen molar-refractivity contribution in [1.29, 1.82) is 0 Å². The van der Waals surface area contributed by atoms with Crippen LogP contribution in [0.3, 0.4) is 0 Å². The number of hydrogen-bond acceptors (Lipinski definition) is 5. The van der Waals surface area contributed by atoms with E-state index in [0.717, 1.165) is 4.88 Å². The van der Waals surface area contributed by atoms with Gasteiger partial charge in [0.1, 0.15) is 0 Å². The van der Waals surface area contributed by atoms with E-state index in [0.29, 0.717) is 33.9 Å². The Morgan fingerprint density at radius 1 is 1.17 bits per heavy atom. The van der Waals surface area contributed by atoms with E-state index in [2.05, 4.69) is 15.6 Å². The van der Waals surface area contributed by atoms with E-state index < -0.39 is 0 Å². The zero-order valence-electron chi connectivity index (χ0n) is 15.5. The number of anilines is 2. The van der Waals surface area contributed by atoms with Gasteiger partial charge in [0.2, 0.25) is 0 Å². The smallest absolute Gasteiger partial charge is 0.293 e. The molecule has 4 rings (SSSR count). The number of nitrogens with zero attached hydrogens (tertiary/aromatic N) is 2. The lowest BCUT2D eigenvalue weighted by Gasteiger charge is -2.10. The van der Waals surface area contributed by atoms with E-state index in [1.807, 2.05) is 17.5 Å². The molecular formula is C21H17ClN4O2S. The molecule has 0 aliphatic heterocycles. The molecule has 1 amide bonds. The summed E-state index contributed by atoms with van der Waals surface area (Å²) < 4.78 is 1.50. The van der Waals surface area contributed by atoms with E-state index in [1.54, 1.807) is 60.8 Å². The molecule has 0 atom stereocenters. The predicted molar refractivity (Wildman–Crippen MR) is 117 cm³/mol. The third-order valence-electron chi connectivity index (χ3n) is 4.45. The van der Waals surface area contributed by atoms with Crippen molar-refractivity contribution < 1.29 is 4.79 Å². The summed E-state index contributed by atoms with van der Waals surface area (Å²) in [6.45, 7) is 0.498. The van der Waals surface area contributed by atoms with Crippen molar-refractivity contribution in [3.8, 4) is 0 Å². The number of aryl methyl sites for hydroxylation is 1. The number of carbonyl (C=O) groups excluding carboxylic acids is 1. The molecule has 146 valence electrons. The van der Waals surface area contributed by atoms with E-state index >= 15 is 0 Å². The monoisotopic (exact) mass is 424 g/mol. The van der Waals surface area contributed by atoms with Gasteiger partial charge < -0.3 is 15.2 Å². The van der Waals surface area contributed by atoms with Gasteiger partial charge in [-0.2, -0.15) is 0 Å². The normalized spacial score (nSPS) is 10.8. The second kappa shape index (κ2) is 8.06. The maximum atomic E-state index is 12.6. The molecule has 8 heteroatoms. The summed E-state index contributed by atoms with van der Waals surface area (Å²) >= 11 is 7.61. The number of benzene rings is 2. The summed E-state index contributed by atoms with van der Waals surface area (Å²) in [6, 6.07) is 16.0. The number of carbonyl (C=O) groups is 1.